The van der Waals surface area contributed by atoms with Crippen LogP contribution in [0.3, 0.4) is 0 Å². The fraction of sp³-hybridized carbons (Fsp3) is 0.346. The average Bonchev–Trinajstić information content (AvgIpc) is 3.75. The maximum atomic E-state index is 13.7. The largest absolute Gasteiger partial charge is 0.480 e. The van der Waals surface area contributed by atoms with Gasteiger partial charge in [0.2, 0.25) is 5.91 Å². The number of imide groups is 1. The zero-order valence-electron chi connectivity index (χ0n) is 24.6. The minimum atomic E-state index is -1.43. The van der Waals surface area contributed by atoms with Crippen molar-refractivity contribution < 1.29 is 48.5 Å². The van der Waals surface area contributed by atoms with Crippen LogP contribution in [0.15, 0.2) is 46.8 Å². The molecule has 0 unspecified atom stereocenters. The molecular formula is C26H28N10O10S2. The molecular weight excluding hydrogens is 676 g/mol. The van der Waals surface area contributed by atoms with Crippen molar-refractivity contribution in [2.24, 2.45) is 5.73 Å². The van der Waals surface area contributed by atoms with Crippen molar-refractivity contribution in [1.82, 2.24) is 41.2 Å². The molecule has 0 bridgehead atoms. The second-order valence-electron chi connectivity index (χ2n) is 10.3. The number of nitrogens with one attached hydrogen (secondary N) is 5. The highest BCUT2D eigenvalue weighted by Gasteiger charge is 2.54. The van der Waals surface area contributed by atoms with E-state index in [1.807, 2.05) is 0 Å². The summed E-state index contributed by atoms with van der Waals surface area (Å²) in [5.74, 6) is -3.64. The van der Waals surface area contributed by atoms with Crippen LogP contribution in [0.4, 0.5) is 20.1 Å². The Labute approximate surface area is 278 Å². The minimum absolute atomic E-state index is 0.0475. The van der Waals surface area contributed by atoms with Gasteiger partial charge in [0.05, 0.1) is 6.20 Å². The van der Waals surface area contributed by atoms with E-state index in [-0.39, 0.29) is 41.5 Å². The number of thioether (sulfide) groups is 2. The Morgan fingerprint density at radius 2 is 1.92 bits per heavy atom. The van der Waals surface area contributed by atoms with Gasteiger partial charge >= 0.3 is 30.1 Å². The number of urea groups is 2. The normalized spacial score (nSPS) is 19.8. The topological polar surface area (TPSA) is 291 Å². The number of β-lactam (4-membered cyclic amide) rings is 1. The summed E-state index contributed by atoms with van der Waals surface area (Å²) >= 11 is 2.51. The number of fused-ring (bicyclic) bond motifs is 1. The molecule has 2 aromatic rings. The highest BCUT2D eigenvalue weighted by Crippen LogP contribution is 2.41. The molecule has 0 aliphatic carbocycles. The smallest absolute Gasteiger partial charge is 0.411 e. The van der Waals surface area contributed by atoms with Crippen LogP contribution >= 0.6 is 23.5 Å². The fourth-order valence-electron chi connectivity index (χ4n) is 4.77. The number of aliphatic carboxylic acids is 2. The molecule has 4 heterocycles. The lowest BCUT2D eigenvalue weighted by Crippen LogP contribution is -2.71. The van der Waals surface area contributed by atoms with Gasteiger partial charge in [-0.3, -0.25) is 24.6 Å². The Balaban J connectivity index is 1.29. The molecule has 0 saturated carbocycles. The third kappa shape index (κ3) is 7.44. The molecule has 4 atom stereocenters. The molecule has 22 heteroatoms. The van der Waals surface area contributed by atoms with Crippen molar-refractivity contribution >= 4 is 71.1 Å². The number of nitrogens with two attached hydrogens (primary N) is 1. The first-order chi connectivity index (χ1) is 22.9. The van der Waals surface area contributed by atoms with Crippen molar-refractivity contribution in [3.05, 3.63) is 47.3 Å². The zero-order valence-corrected chi connectivity index (χ0v) is 26.2. The number of rotatable bonds is 12. The number of benzene rings is 1. The van der Waals surface area contributed by atoms with Gasteiger partial charge in [0.15, 0.2) is 0 Å². The first kappa shape index (κ1) is 34.0. The quantitative estimate of drug-likeness (QED) is 0.0978. The molecule has 1 aromatic carbocycles. The molecule has 9 N–H and O–H groups in total. The molecule has 20 nitrogen and oxygen atoms in total. The molecule has 0 spiro atoms. The number of aromatic nitrogens is 3. The van der Waals surface area contributed by atoms with Gasteiger partial charge in [0.1, 0.15) is 40.8 Å². The van der Waals surface area contributed by atoms with Gasteiger partial charge in [-0.05, 0) is 23.3 Å². The van der Waals surface area contributed by atoms with Gasteiger partial charge in [-0.15, -0.1) is 16.9 Å². The van der Waals surface area contributed by atoms with Crippen molar-refractivity contribution in [2.45, 2.75) is 28.5 Å². The predicted octanol–water partition coefficient (Wildman–Crippen LogP) is -0.928. The fourth-order valence-corrected chi connectivity index (χ4v) is 7.04. The summed E-state index contributed by atoms with van der Waals surface area (Å²) in [4.78, 5) is 89.0. The number of anilines is 1. The third-order valence-electron chi connectivity index (χ3n) is 7.17. The van der Waals surface area contributed by atoms with E-state index in [0.29, 0.717) is 10.6 Å². The summed E-state index contributed by atoms with van der Waals surface area (Å²) < 4.78 is 4.77. The summed E-state index contributed by atoms with van der Waals surface area (Å²) in [5, 5.41) is 38.6. The van der Waals surface area contributed by atoms with E-state index in [1.54, 1.807) is 0 Å². The van der Waals surface area contributed by atoms with Crippen LogP contribution in [0.5, 0.6) is 0 Å². The molecule has 1 aromatic heterocycles. The van der Waals surface area contributed by atoms with E-state index in [9.17, 15) is 38.7 Å². The number of carbonyl (C=O) groups is 7. The predicted molar refractivity (Wildman–Crippen MR) is 165 cm³/mol. The summed E-state index contributed by atoms with van der Waals surface area (Å²) in [6.45, 7) is -0.326. The number of hydrogen-bond acceptors (Lipinski definition) is 13. The van der Waals surface area contributed by atoms with Gasteiger partial charge < -0.3 is 36.6 Å². The van der Waals surface area contributed by atoms with Gasteiger partial charge in [-0.1, -0.05) is 23.9 Å². The first-order valence-electron chi connectivity index (χ1n) is 14.0. The first-order valence-corrected chi connectivity index (χ1v) is 16.0. The molecule has 2 saturated heterocycles. The number of aromatic amines is 1. The Morgan fingerprint density at radius 1 is 1.17 bits per heavy atom. The lowest BCUT2D eigenvalue weighted by molar-refractivity contribution is -0.151. The van der Waals surface area contributed by atoms with Crippen LogP contribution in [0, 0.1) is 0 Å². The summed E-state index contributed by atoms with van der Waals surface area (Å²) in [7, 11) is 0. The third-order valence-corrected chi connectivity index (χ3v) is 9.49. The average molecular weight is 705 g/mol. The molecule has 7 amide bonds. The van der Waals surface area contributed by atoms with Crippen LogP contribution < -0.4 is 27.0 Å². The van der Waals surface area contributed by atoms with Crippen LogP contribution in [0.2, 0.25) is 0 Å². The Hall–Kier alpha value is -5.35. The minimum Gasteiger partial charge on any atom is -0.480 e. The standard InChI is InChI=1S/C26H28N10O10S2/c27-14(22(39)40)8-46-26(45)30-13-3-1-11(2-4-13)16(32-25(44)35-6-5-28-24(35)43)19(37)31-17-20(38)36-18(23(41)42)12(10-48-21(17)36)9-47-15-7-29-34-33-15/h1-4,7,14,16-17,21H,5-6,8-10,27H2,(H,28,43)(H,30,45)(H,31,37)(H,32,44)(H,39,40)(H,41,42)(H,29,33,34)/t14-,16-,17-,21+/m1/s1. The number of nitrogens with zero attached hydrogens (tertiary/aromatic N) is 4. The number of hydrogen-bond donors (Lipinski definition) is 8. The zero-order chi connectivity index (χ0) is 34.5. The van der Waals surface area contributed by atoms with E-state index in [0.717, 1.165) is 9.80 Å². The highest BCUT2D eigenvalue weighted by molar-refractivity contribution is 8.01. The van der Waals surface area contributed by atoms with Crippen molar-refractivity contribution in [3.63, 3.8) is 0 Å². The van der Waals surface area contributed by atoms with Crippen LogP contribution in [0.1, 0.15) is 11.6 Å². The number of ether oxygens (including phenoxy) is 1. The number of amides is 7. The monoisotopic (exact) mass is 704 g/mol. The Kier molecular flexibility index (Phi) is 10.3. The van der Waals surface area contributed by atoms with Gasteiger partial charge in [-0.25, -0.2) is 24.1 Å². The molecule has 3 aliphatic rings. The molecule has 254 valence electrons. The Morgan fingerprint density at radius 3 is 2.54 bits per heavy atom. The van der Waals surface area contributed by atoms with Crippen molar-refractivity contribution in [3.8, 4) is 0 Å². The van der Waals surface area contributed by atoms with Gasteiger partial charge in [0, 0.05) is 30.3 Å². The van der Waals surface area contributed by atoms with Crippen LogP contribution in [0.25, 0.3) is 0 Å². The second-order valence-corrected chi connectivity index (χ2v) is 12.4. The number of carboxylic acids is 2. The second kappa shape index (κ2) is 14.6. The summed E-state index contributed by atoms with van der Waals surface area (Å²) in [6.07, 6.45) is 0.491. The molecule has 5 rings (SSSR count). The van der Waals surface area contributed by atoms with Crippen LogP contribution in [-0.4, -0.2) is 126 Å². The van der Waals surface area contributed by atoms with E-state index < -0.39 is 72.0 Å². The number of H-pyrrole nitrogens is 1. The lowest BCUT2D eigenvalue weighted by atomic mass is 10.0. The van der Waals surface area contributed by atoms with Gasteiger partial charge in [0.25, 0.3) is 5.91 Å². The van der Waals surface area contributed by atoms with E-state index in [1.165, 1.54) is 54.0 Å². The number of carboxylic acid groups (broad SMARTS) is 2. The van der Waals surface area contributed by atoms with E-state index >= 15 is 0 Å². The number of carbonyl (C=O) groups excluding carboxylic acids is 5. The van der Waals surface area contributed by atoms with E-state index in [2.05, 4.69) is 36.7 Å². The maximum absolute atomic E-state index is 13.7. The van der Waals surface area contributed by atoms with Crippen molar-refractivity contribution in [1.29, 1.82) is 0 Å². The van der Waals surface area contributed by atoms with Gasteiger partial charge in [-0.2, -0.15) is 10.3 Å². The summed E-state index contributed by atoms with van der Waals surface area (Å²) in [5.41, 5.74) is 6.02. The summed E-state index contributed by atoms with van der Waals surface area (Å²) in [6, 6.07) is 0.00741. The van der Waals surface area contributed by atoms with E-state index in [4.69, 9.17) is 15.6 Å². The molecule has 48 heavy (non-hydrogen) atoms. The molecule has 0 radical (unpaired) electrons. The molecule has 2 fully saturated rings. The molecule has 3 aliphatic heterocycles. The Bertz CT molecular complexity index is 1650. The maximum Gasteiger partial charge on any atom is 0.411 e. The lowest BCUT2D eigenvalue weighted by Gasteiger charge is -2.49. The highest BCUT2D eigenvalue weighted by atomic mass is 32.2. The van der Waals surface area contributed by atoms with Crippen LogP contribution in [-0.2, 0) is 23.9 Å². The van der Waals surface area contributed by atoms with Crippen molar-refractivity contribution in [2.75, 3.05) is 36.5 Å². The SMILES string of the molecule is N[C@H](COC(=O)Nc1ccc([C@@H](NC(=O)N2CCNC2=O)C(=O)N[C@@H]2C(=O)N3C(C(=O)O)=C(CSc4cn[nH]n4)CS[C@@H]23)cc1)C(=O)O.